The summed E-state index contributed by atoms with van der Waals surface area (Å²) in [6, 6.07) is 3.97. The number of aromatic nitrogens is 2. The lowest BCUT2D eigenvalue weighted by Gasteiger charge is -2.17. The van der Waals surface area contributed by atoms with Crippen LogP contribution in [-0.4, -0.2) is 23.2 Å². The van der Waals surface area contributed by atoms with Gasteiger partial charge in [-0.3, -0.25) is 0 Å². The molecule has 0 spiro atoms. The largest absolute Gasteiger partial charge is 0.486 e. The van der Waals surface area contributed by atoms with E-state index in [2.05, 4.69) is 23.8 Å². The van der Waals surface area contributed by atoms with Crippen LogP contribution in [0.25, 0.3) is 11.0 Å². The highest BCUT2D eigenvalue weighted by molar-refractivity contribution is 5.80. The molecule has 1 fully saturated rings. The second-order valence-corrected chi connectivity index (χ2v) is 5.88. The summed E-state index contributed by atoms with van der Waals surface area (Å²) in [5, 5.41) is 0. The zero-order valence-electron chi connectivity index (χ0n) is 10.6. The van der Waals surface area contributed by atoms with Gasteiger partial charge in [-0.15, -0.1) is 0 Å². The van der Waals surface area contributed by atoms with E-state index >= 15 is 0 Å². The van der Waals surface area contributed by atoms with Crippen LogP contribution in [0, 0.1) is 5.41 Å². The monoisotopic (exact) mass is 244 g/mol. The van der Waals surface area contributed by atoms with E-state index in [-0.39, 0.29) is 0 Å². The third-order valence-corrected chi connectivity index (χ3v) is 4.01. The molecule has 2 aliphatic rings. The molecule has 1 unspecified atom stereocenters. The van der Waals surface area contributed by atoms with Gasteiger partial charge in [0, 0.05) is 18.1 Å². The topological polar surface area (TPSA) is 47.1 Å². The minimum atomic E-state index is 0.389. The first-order valence-corrected chi connectivity index (χ1v) is 6.43. The highest BCUT2D eigenvalue weighted by Gasteiger charge is 2.48. The van der Waals surface area contributed by atoms with Gasteiger partial charge in [0.25, 0.3) is 0 Å². The first kappa shape index (κ1) is 10.2. The smallest absolute Gasteiger partial charge is 0.163 e. The number of hydrogen-bond donors (Lipinski definition) is 1. The van der Waals surface area contributed by atoms with Crippen LogP contribution in [0.3, 0.4) is 0 Å². The summed E-state index contributed by atoms with van der Waals surface area (Å²) in [7, 11) is 0. The summed E-state index contributed by atoms with van der Waals surface area (Å²) >= 11 is 0. The van der Waals surface area contributed by atoms with Crippen molar-refractivity contribution in [3.63, 3.8) is 0 Å². The standard InChI is InChI=1S/C14H16N2O2/c1-14(2)7-8(14)13-15-9-5-11-12(6-10(9)16-13)18-4-3-17-11/h5-6,8H,3-4,7H2,1-2H3,(H,15,16). The fourth-order valence-electron chi connectivity index (χ4n) is 2.67. The van der Waals surface area contributed by atoms with Crippen LogP contribution in [-0.2, 0) is 0 Å². The van der Waals surface area contributed by atoms with Crippen LogP contribution >= 0.6 is 0 Å². The van der Waals surface area contributed by atoms with Crippen molar-refractivity contribution in [3.05, 3.63) is 18.0 Å². The Morgan fingerprint density at radius 2 is 1.89 bits per heavy atom. The fourth-order valence-corrected chi connectivity index (χ4v) is 2.67. The van der Waals surface area contributed by atoms with Crippen LogP contribution in [0.2, 0.25) is 0 Å². The maximum atomic E-state index is 5.59. The van der Waals surface area contributed by atoms with E-state index in [1.165, 1.54) is 6.42 Å². The van der Waals surface area contributed by atoms with Gasteiger partial charge < -0.3 is 14.5 Å². The summed E-state index contributed by atoms with van der Waals surface area (Å²) in [5.74, 6) is 3.28. The maximum absolute atomic E-state index is 5.59. The number of imidazole rings is 1. The zero-order valence-corrected chi connectivity index (χ0v) is 10.6. The Balaban J connectivity index is 1.81. The van der Waals surface area contributed by atoms with Gasteiger partial charge in [-0.25, -0.2) is 4.98 Å². The normalized spacial score (nSPS) is 24.2. The molecule has 4 heteroatoms. The number of rotatable bonds is 1. The van der Waals surface area contributed by atoms with Gasteiger partial charge in [-0.1, -0.05) is 13.8 Å². The molecule has 1 aliphatic heterocycles. The predicted octanol–water partition coefficient (Wildman–Crippen LogP) is 2.85. The third-order valence-electron chi connectivity index (χ3n) is 4.01. The lowest BCUT2D eigenvalue weighted by atomic mass is 10.1. The fraction of sp³-hybridized carbons (Fsp3) is 0.500. The molecule has 18 heavy (non-hydrogen) atoms. The van der Waals surface area contributed by atoms with Crippen LogP contribution < -0.4 is 9.47 Å². The lowest BCUT2D eigenvalue weighted by Crippen LogP contribution is -2.15. The molecule has 0 saturated heterocycles. The predicted molar refractivity (Wildman–Crippen MR) is 68.2 cm³/mol. The summed E-state index contributed by atoms with van der Waals surface area (Å²) in [6.45, 7) is 5.80. The minimum Gasteiger partial charge on any atom is -0.486 e. The van der Waals surface area contributed by atoms with E-state index in [1.54, 1.807) is 0 Å². The number of aromatic amines is 1. The van der Waals surface area contributed by atoms with Crippen molar-refractivity contribution in [2.45, 2.75) is 26.2 Å². The van der Waals surface area contributed by atoms with Gasteiger partial charge in [0.2, 0.25) is 0 Å². The average Bonchev–Trinajstić information content (AvgIpc) is 2.82. The van der Waals surface area contributed by atoms with Gasteiger partial charge in [0.05, 0.1) is 11.0 Å². The highest BCUT2D eigenvalue weighted by Crippen LogP contribution is 2.57. The Kier molecular flexibility index (Phi) is 1.81. The molecule has 1 aromatic heterocycles. The molecule has 4 rings (SSSR count). The molecule has 2 aromatic rings. The van der Waals surface area contributed by atoms with Crippen molar-refractivity contribution in [3.8, 4) is 11.5 Å². The first-order valence-electron chi connectivity index (χ1n) is 6.43. The third kappa shape index (κ3) is 1.41. The number of ether oxygens (including phenoxy) is 2. The molecular formula is C14H16N2O2. The molecule has 1 N–H and O–H groups in total. The van der Waals surface area contributed by atoms with E-state index in [0.29, 0.717) is 24.5 Å². The van der Waals surface area contributed by atoms with Crippen LogP contribution in [0.15, 0.2) is 12.1 Å². The number of benzene rings is 1. The van der Waals surface area contributed by atoms with E-state index in [4.69, 9.17) is 9.47 Å². The van der Waals surface area contributed by atoms with Gasteiger partial charge in [-0.2, -0.15) is 0 Å². The lowest BCUT2D eigenvalue weighted by molar-refractivity contribution is 0.172. The van der Waals surface area contributed by atoms with Crippen LogP contribution in [0.1, 0.15) is 32.0 Å². The maximum Gasteiger partial charge on any atom is 0.163 e. The highest BCUT2D eigenvalue weighted by atomic mass is 16.6. The van der Waals surface area contributed by atoms with E-state index in [0.717, 1.165) is 28.4 Å². The second-order valence-electron chi connectivity index (χ2n) is 5.88. The minimum absolute atomic E-state index is 0.389. The van der Waals surface area contributed by atoms with Crippen LogP contribution in [0.4, 0.5) is 0 Å². The van der Waals surface area contributed by atoms with Gasteiger partial charge in [0.15, 0.2) is 11.5 Å². The molecule has 4 nitrogen and oxygen atoms in total. The Morgan fingerprint density at radius 1 is 1.22 bits per heavy atom. The summed E-state index contributed by atoms with van der Waals surface area (Å²) in [4.78, 5) is 8.10. The number of H-pyrrole nitrogens is 1. The number of nitrogens with one attached hydrogen (secondary N) is 1. The molecule has 1 saturated carbocycles. The van der Waals surface area contributed by atoms with Crippen molar-refractivity contribution in [2.24, 2.45) is 5.41 Å². The molecule has 0 amide bonds. The van der Waals surface area contributed by atoms with Crippen molar-refractivity contribution in [2.75, 3.05) is 13.2 Å². The summed E-state index contributed by atoms with van der Waals surface area (Å²) < 4.78 is 11.2. The Hall–Kier alpha value is -1.71. The molecule has 94 valence electrons. The number of hydrogen-bond acceptors (Lipinski definition) is 3. The van der Waals surface area contributed by atoms with Crippen molar-refractivity contribution in [1.29, 1.82) is 0 Å². The van der Waals surface area contributed by atoms with E-state index in [9.17, 15) is 0 Å². The Bertz CT molecular complexity index is 587. The van der Waals surface area contributed by atoms with Crippen LogP contribution in [0.5, 0.6) is 11.5 Å². The molecule has 1 aromatic carbocycles. The first-order chi connectivity index (χ1) is 8.63. The Labute approximate surface area is 105 Å². The molecular weight excluding hydrogens is 228 g/mol. The molecule has 0 bridgehead atoms. The van der Waals surface area contributed by atoms with E-state index < -0.39 is 0 Å². The Morgan fingerprint density at radius 3 is 2.56 bits per heavy atom. The van der Waals surface area contributed by atoms with Gasteiger partial charge in [-0.05, 0) is 11.8 Å². The van der Waals surface area contributed by atoms with Gasteiger partial charge in [0.1, 0.15) is 19.0 Å². The molecule has 0 radical (unpaired) electrons. The van der Waals surface area contributed by atoms with Crippen molar-refractivity contribution in [1.82, 2.24) is 9.97 Å². The number of fused-ring (bicyclic) bond motifs is 2. The van der Waals surface area contributed by atoms with E-state index in [1.807, 2.05) is 12.1 Å². The van der Waals surface area contributed by atoms with Crippen molar-refractivity contribution >= 4 is 11.0 Å². The molecule has 1 atom stereocenters. The average molecular weight is 244 g/mol. The van der Waals surface area contributed by atoms with Gasteiger partial charge >= 0.3 is 0 Å². The summed E-state index contributed by atoms with van der Waals surface area (Å²) in [6.07, 6.45) is 1.21. The zero-order chi connectivity index (χ0) is 12.3. The van der Waals surface area contributed by atoms with Crippen molar-refractivity contribution < 1.29 is 9.47 Å². The summed E-state index contributed by atoms with van der Waals surface area (Å²) in [5.41, 5.74) is 2.40. The quantitative estimate of drug-likeness (QED) is 0.839. The second kappa shape index (κ2) is 3.19. The molecule has 1 aliphatic carbocycles. The number of nitrogens with zero attached hydrogens (tertiary/aromatic N) is 1. The SMILES string of the molecule is CC1(C)CC1c1nc2cc3c(cc2[nH]1)OCCO3. The molecule has 2 heterocycles.